The smallest absolute Gasteiger partial charge is 0.315 e. The van der Waals surface area contributed by atoms with Gasteiger partial charge in [0.2, 0.25) is 0 Å². The summed E-state index contributed by atoms with van der Waals surface area (Å²) in [5.41, 5.74) is 4.74. The van der Waals surface area contributed by atoms with Crippen LogP contribution in [0.25, 0.3) is 0 Å². The minimum absolute atomic E-state index is 0. The van der Waals surface area contributed by atoms with E-state index in [0.717, 1.165) is 0 Å². The number of nitrogens with zero attached hydrogens (tertiary/aromatic N) is 1. The highest BCUT2D eigenvalue weighted by molar-refractivity contribution is 9.10. The Balaban J connectivity index is 0.00000169. The fourth-order valence-electron chi connectivity index (χ4n) is 0.759. The van der Waals surface area contributed by atoms with E-state index in [0.29, 0.717) is 4.47 Å². The average molecular weight is 291 g/mol. The van der Waals surface area contributed by atoms with Gasteiger partial charge in [0.25, 0.3) is 0 Å². The second kappa shape index (κ2) is 4.95. The van der Waals surface area contributed by atoms with Crippen molar-refractivity contribution in [3.05, 3.63) is 28.5 Å². The second-order valence-electron chi connectivity index (χ2n) is 2.42. The standard InChI is InChI=1S/C7H6BrF3N2.ClH/c8-4-1-2-13-5(3-4)6(12)7(9,10)11;/h1-3,6H,12H2;1H/t6-;/m1./s1. The average Bonchev–Trinajstić information content (AvgIpc) is 2.01. The molecule has 0 saturated heterocycles. The zero-order chi connectivity index (χ0) is 10.1. The molecule has 0 aliphatic rings. The van der Waals surface area contributed by atoms with Gasteiger partial charge in [0.15, 0.2) is 0 Å². The number of halogens is 5. The molecular weight excluding hydrogens is 284 g/mol. The minimum Gasteiger partial charge on any atom is -0.315 e. The van der Waals surface area contributed by atoms with Crippen molar-refractivity contribution in [1.82, 2.24) is 4.98 Å². The van der Waals surface area contributed by atoms with Crippen molar-refractivity contribution in [1.29, 1.82) is 0 Å². The molecule has 0 fully saturated rings. The van der Waals surface area contributed by atoms with Crippen LogP contribution in [0.1, 0.15) is 11.7 Å². The fraction of sp³-hybridized carbons (Fsp3) is 0.286. The summed E-state index contributed by atoms with van der Waals surface area (Å²) in [6, 6.07) is 0.759. The zero-order valence-corrected chi connectivity index (χ0v) is 9.16. The summed E-state index contributed by atoms with van der Waals surface area (Å²) in [7, 11) is 0. The molecule has 0 bridgehead atoms. The first kappa shape index (κ1) is 13.7. The number of rotatable bonds is 1. The molecule has 0 unspecified atom stereocenters. The maximum Gasteiger partial charge on any atom is 0.409 e. The van der Waals surface area contributed by atoms with Gasteiger partial charge in [0.05, 0.1) is 5.69 Å². The van der Waals surface area contributed by atoms with E-state index < -0.39 is 12.2 Å². The molecule has 0 aliphatic carbocycles. The van der Waals surface area contributed by atoms with Crippen LogP contribution in [0, 0.1) is 0 Å². The van der Waals surface area contributed by atoms with Crippen LogP contribution in [-0.4, -0.2) is 11.2 Å². The Bertz CT molecular complexity index is 305. The lowest BCUT2D eigenvalue weighted by Gasteiger charge is -2.14. The van der Waals surface area contributed by atoms with Gasteiger partial charge in [-0.2, -0.15) is 13.2 Å². The number of aromatic nitrogens is 1. The van der Waals surface area contributed by atoms with Crippen molar-refractivity contribution in [2.24, 2.45) is 5.73 Å². The topological polar surface area (TPSA) is 38.9 Å². The lowest BCUT2D eigenvalue weighted by Crippen LogP contribution is -2.29. The molecule has 1 rings (SSSR count). The van der Waals surface area contributed by atoms with Crippen LogP contribution in [0.2, 0.25) is 0 Å². The highest BCUT2D eigenvalue weighted by atomic mass is 79.9. The Morgan fingerprint density at radius 1 is 1.43 bits per heavy atom. The SMILES string of the molecule is Cl.N[C@H](c1cc(Br)ccn1)C(F)(F)F. The van der Waals surface area contributed by atoms with E-state index in [1.165, 1.54) is 18.3 Å². The van der Waals surface area contributed by atoms with Crippen LogP contribution >= 0.6 is 28.3 Å². The first-order chi connectivity index (χ1) is 5.91. The molecule has 80 valence electrons. The van der Waals surface area contributed by atoms with Crippen molar-refractivity contribution in [2.45, 2.75) is 12.2 Å². The van der Waals surface area contributed by atoms with E-state index in [4.69, 9.17) is 5.73 Å². The number of nitrogens with two attached hydrogens (primary N) is 1. The van der Waals surface area contributed by atoms with Gasteiger partial charge in [-0.05, 0) is 12.1 Å². The van der Waals surface area contributed by atoms with Crippen molar-refractivity contribution in [2.75, 3.05) is 0 Å². The maximum absolute atomic E-state index is 12.1. The van der Waals surface area contributed by atoms with E-state index in [1.54, 1.807) is 0 Å². The second-order valence-corrected chi connectivity index (χ2v) is 3.33. The molecule has 14 heavy (non-hydrogen) atoms. The van der Waals surface area contributed by atoms with E-state index in [-0.39, 0.29) is 18.1 Å². The third-order valence-electron chi connectivity index (χ3n) is 1.41. The van der Waals surface area contributed by atoms with Crippen LogP contribution in [0.5, 0.6) is 0 Å². The van der Waals surface area contributed by atoms with Crippen LogP contribution in [0.3, 0.4) is 0 Å². The molecule has 0 aromatic carbocycles. The summed E-state index contributed by atoms with van der Waals surface area (Å²) in [5.74, 6) is 0. The Morgan fingerprint density at radius 3 is 2.43 bits per heavy atom. The monoisotopic (exact) mass is 290 g/mol. The Morgan fingerprint density at radius 2 is 2.00 bits per heavy atom. The molecule has 2 nitrogen and oxygen atoms in total. The number of pyridine rings is 1. The van der Waals surface area contributed by atoms with Gasteiger partial charge < -0.3 is 5.73 Å². The lowest BCUT2D eigenvalue weighted by atomic mass is 10.2. The molecule has 0 radical (unpaired) electrons. The molecule has 1 heterocycles. The molecule has 0 spiro atoms. The normalized spacial score (nSPS) is 13.2. The van der Waals surface area contributed by atoms with Gasteiger partial charge in [-0.1, -0.05) is 15.9 Å². The molecule has 1 atom stereocenters. The summed E-state index contributed by atoms with van der Waals surface area (Å²) in [5, 5.41) is 0. The largest absolute Gasteiger partial charge is 0.409 e. The Labute approximate surface area is 93.2 Å². The first-order valence-electron chi connectivity index (χ1n) is 3.35. The van der Waals surface area contributed by atoms with Crippen molar-refractivity contribution >= 4 is 28.3 Å². The van der Waals surface area contributed by atoms with Crippen LogP contribution in [0.15, 0.2) is 22.8 Å². The summed E-state index contributed by atoms with van der Waals surface area (Å²) in [4.78, 5) is 3.53. The molecule has 0 saturated carbocycles. The van der Waals surface area contributed by atoms with E-state index in [1.807, 2.05) is 0 Å². The lowest BCUT2D eigenvalue weighted by molar-refractivity contribution is -0.150. The van der Waals surface area contributed by atoms with Crippen LogP contribution < -0.4 is 5.73 Å². The van der Waals surface area contributed by atoms with E-state index in [2.05, 4.69) is 20.9 Å². The fourth-order valence-corrected chi connectivity index (χ4v) is 1.11. The van der Waals surface area contributed by atoms with E-state index in [9.17, 15) is 13.2 Å². The molecule has 0 aliphatic heterocycles. The Kier molecular flexibility index (Phi) is 4.83. The predicted octanol–water partition coefficient (Wildman–Crippen LogP) is 2.83. The van der Waals surface area contributed by atoms with Gasteiger partial charge in [0.1, 0.15) is 6.04 Å². The van der Waals surface area contributed by atoms with Gasteiger partial charge in [-0.25, -0.2) is 0 Å². The molecule has 0 amide bonds. The summed E-state index contributed by atoms with van der Waals surface area (Å²) in [6.45, 7) is 0. The molecule has 7 heteroatoms. The van der Waals surface area contributed by atoms with E-state index >= 15 is 0 Å². The first-order valence-corrected chi connectivity index (χ1v) is 4.14. The molecule has 2 N–H and O–H groups in total. The number of hydrogen-bond donors (Lipinski definition) is 1. The van der Waals surface area contributed by atoms with Crippen molar-refractivity contribution < 1.29 is 13.2 Å². The molecule has 1 aromatic rings. The Hall–Kier alpha value is -0.330. The highest BCUT2D eigenvalue weighted by Crippen LogP contribution is 2.29. The van der Waals surface area contributed by atoms with Gasteiger partial charge in [-0.15, -0.1) is 12.4 Å². The van der Waals surface area contributed by atoms with Crippen molar-refractivity contribution in [3.63, 3.8) is 0 Å². The van der Waals surface area contributed by atoms with Gasteiger partial charge in [-0.3, -0.25) is 4.98 Å². The third kappa shape index (κ3) is 3.43. The highest BCUT2D eigenvalue weighted by Gasteiger charge is 2.38. The quantitative estimate of drug-likeness (QED) is 0.864. The van der Waals surface area contributed by atoms with Crippen LogP contribution in [-0.2, 0) is 0 Å². The number of hydrogen-bond acceptors (Lipinski definition) is 2. The predicted molar refractivity (Wildman–Crippen MR) is 52.2 cm³/mol. The molecular formula is C7H7BrClF3N2. The van der Waals surface area contributed by atoms with Gasteiger partial charge >= 0.3 is 6.18 Å². The minimum atomic E-state index is -4.45. The summed E-state index contributed by atoms with van der Waals surface area (Å²) >= 11 is 3.03. The van der Waals surface area contributed by atoms with Crippen molar-refractivity contribution in [3.8, 4) is 0 Å². The summed E-state index contributed by atoms with van der Waals surface area (Å²) < 4.78 is 36.8. The van der Waals surface area contributed by atoms with Gasteiger partial charge in [0, 0.05) is 10.7 Å². The zero-order valence-electron chi connectivity index (χ0n) is 6.75. The summed E-state index contributed by atoms with van der Waals surface area (Å²) in [6.07, 6.45) is -3.18. The van der Waals surface area contributed by atoms with Crippen LogP contribution in [0.4, 0.5) is 13.2 Å². The maximum atomic E-state index is 12.1. The molecule has 1 aromatic heterocycles. The third-order valence-corrected chi connectivity index (χ3v) is 1.91. The number of alkyl halides is 3.